The largest absolute Gasteiger partial charge is 0.385 e. The Morgan fingerprint density at radius 3 is 2.31 bits per heavy atom. The third kappa shape index (κ3) is 4.45. The van der Waals surface area contributed by atoms with Crippen LogP contribution in [-0.2, 0) is 0 Å². The van der Waals surface area contributed by atoms with E-state index in [4.69, 9.17) is 0 Å². The lowest BCUT2D eigenvalue weighted by Gasteiger charge is -2.06. The Hall–Kier alpha value is -1.35. The number of hydrogen-bond acceptors (Lipinski definition) is 3. The molecule has 0 amide bonds. The second-order valence-electron chi connectivity index (χ2n) is 3.87. The summed E-state index contributed by atoms with van der Waals surface area (Å²) in [5.41, 5.74) is 1.84. The van der Waals surface area contributed by atoms with E-state index in [2.05, 4.69) is 10.6 Å². The van der Waals surface area contributed by atoms with E-state index >= 15 is 0 Å². The van der Waals surface area contributed by atoms with Crippen molar-refractivity contribution in [2.45, 2.75) is 19.8 Å². The average Bonchev–Trinajstić information content (AvgIpc) is 2.29. The van der Waals surface area contributed by atoms with Crippen LogP contribution in [-0.4, -0.2) is 25.9 Å². The zero-order valence-corrected chi connectivity index (χ0v) is 10.0. The number of hydrogen-bond donors (Lipinski definition) is 2. The van der Waals surface area contributed by atoms with Gasteiger partial charge in [-0.1, -0.05) is 0 Å². The molecule has 0 radical (unpaired) electrons. The van der Waals surface area contributed by atoms with Crippen molar-refractivity contribution >= 4 is 11.5 Å². The van der Waals surface area contributed by atoms with Crippen LogP contribution in [0.4, 0.5) is 5.69 Å². The van der Waals surface area contributed by atoms with Crippen molar-refractivity contribution in [3.8, 4) is 0 Å². The molecule has 88 valence electrons. The number of carbonyl (C=O) groups excluding carboxylic acids is 1. The van der Waals surface area contributed by atoms with Crippen LogP contribution < -0.4 is 10.6 Å². The molecule has 0 aliphatic rings. The van der Waals surface area contributed by atoms with Crippen LogP contribution >= 0.6 is 0 Å². The summed E-state index contributed by atoms with van der Waals surface area (Å²) < 4.78 is 0. The Morgan fingerprint density at radius 1 is 1.12 bits per heavy atom. The first-order chi connectivity index (χ1) is 7.74. The molecule has 0 bridgehead atoms. The van der Waals surface area contributed by atoms with Crippen LogP contribution in [0.15, 0.2) is 24.3 Å². The summed E-state index contributed by atoms with van der Waals surface area (Å²) in [6.07, 6.45) is 2.32. The minimum absolute atomic E-state index is 0.112. The first-order valence-corrected chi connectivity index (χ1v) is 5.73. The Labute approximate surface area is 97.2 Å². The predicted octanol–water partition coefficient (Wildman–Crippen LogP) is 2.30. The summed E-state index contributed by atoms with van der Waals surface area (Å²) >= 11 is 0. The normalized spacial score (nSPS) is 10.1. The number of nitrogens with one attached hydrogen (secondary N) is 2. The fourth-order valence-corrected chi connectivity index (χ4v) is 1.48. The van der Waals surface area contributed by atoms with E-state index < -0.39 is 0 Å². The van der Waals surface area contributed by atoms with Gasteiger partial charge in [0, 0.05) is 17.8 Å². The first-order valence-electron chi connectivity index (χ1n) is 5.73. The molecule has 16 heavy (non-hydrogen) atoms. The molecule has 3 heteroatoms. The molecule has 0 aromatic heterocycles. The standard InChI is InChI=1S/C13H20N2O/c1-11(16)12-5-7-13(8-6-12)15-10-4-3-9-14-2/h5-8,14-15H,3-4,9-10H2,1-2H3. The van der Waals surface area contributed by atoms with E-state index in [0.717, 1.165) is 30.8 Å². The van der Waals surface area contributed by atoms with E-state index in [0.29, 0.717) is 0 Å². The van der Waals surface area contributed by atoms with E-state index in [1.807, 2.05) is 31.3 Å². The minimum atomic E-state index is 0.112. The molecule has 0 aliphatic heterocycles. The second kappa shape index (κ2) is 7.01. The molecule has 1 rings (SSSR count). The maximum atomic E-state index is 11.1. The van der Waals surface area contributed by atoms with E-state index in [1.54, 1.807) is 6.92 Å². The quantitative estimate of drug-likeness (QED) is 0.547. The topological polar surface area (TPSA) is 41.1 Å². The Morgan fingerprint density at radius 2 is 1.75 bits per heavy atom. The number of Topliss-reactive ketones (excluding diaryl/α,β-unsaturated/α-hetero) is 1. The molecule has 0 aliphatic carbocycles. The summed E-state index contributed by atoms with van der Waals surface area (Å²) in [6.45, 7) is 3.62. The monoisotopic (exact) mass is 220 g/mol. The lowest BCUT2D eigenvalue weighted by Crippen LogP contribution is -2.10. The fourth-order valence-electron chi connectivity index (χ4n) is 1.48. The van der Waals surface area contributed by atoms with Gasteiger partial charge in [-0.2, -0.15) is 0 Å². The average molecular weight is 220 g/mol. The number of anilines is 1. The lowest BCUT2D eigenvalue weighted by molar-refractivity contribution is 0.101. The van der Waals surface area contributed by atoms with Gasteiger partial charge in [-0.05, 0) is 57.6 Å². The highest BCUT2D eigenvalue weighted by Crippen LogP contribution is 2.09. The zero-order valence-electron chi connectivity index (χ0n) is 10.0. The van der Waals surface area contributed by atoms with Crippen LogP contribution in [0, 0.1) is 0 Å². The Kier molecular flexibility index (Phi) is 5.57. The number of unbranched alkanes of at least 4 members (excludes halogenated alkanes) is 1. The number of carbonyl (C=O) groups is 1. The molecule has 0 spiro atoms. The van der Waals surface area contributed by atoms with Crippen molar-refractivity contribution in [1.82, 2.24) is 5.32 Å². The first kappa shape index (κ1) is 12.7. The third-order valence-electron chi connectivity index (χ3n) is 2.47. The van der Waals surface area contributed by atoms with Crippen molar-refractivity contribution in [2.24, 2.45) is 0 Å². The van der Waals surface area contributed by atoms with Crippen LogP contribution in [0.3, 0.4) is 0 Å². The van der Waals surface area contributed by atoms with Gasteiger partial charge in [-0.3, -0.25) is 4.79 Å². The second-order valence-corrected chi connectivity index (χ2v) is 3.87. The number of rotatable bonds is 7. The molecule has 0 heterocycles. The molecular weight excluding hydrogens is 200 g/mol. The van der Waals surface area contributed by atoms with Crippen molar-refractivity contribution in [3.05, 3.63) is 29.8 Å². The maximum absolute atomic E-state index is 11.1. The van der Waals surface area contributed by atoms with Gasteiger partial charge in [0.15, 0.2) is 5.78 Å². The summed E-state index contributed by atoms with van der Waals surface area (Å²) in [6, 6.07) is 7.63. The van der Waals surface area contributed by atoms with Gasteiger partial charge in [0.05, 0.1) is 0 Å². The van der Waals surface area contributed by atoms with Gasteiger partial charge in [-0.15, -0.1) is 0 Å². The van der Waals surface area contributed by atoms with Gasteiger partial charge in [-0.25, -0.2) is 0 Å². The van der Waals surface area contributed by atoms with Crippen LogP contribution in [0.1, 0.15) is 30.1 Å². The van der Waals surface area contributed by atoms with Crippen molar-refractivity contribution in [2.75, 3.05) is 25.5 Å². The molecule has 1 aromatic carbocycles. The SMILES string of the molecule is CNCCCCNc1ccc(C(C)=O)cc1. The van der Waals surface area contributed by atoms with Gasteiger partial charge < -0.3 is 10.6 Å². The molecule has 1 aromatic rings. The maximum Gasteiger partial charge on any atom is 0.159 e. The highest BCUT2D eigenvalue weighted by Gasteiger charge is 1.98. The molecular formula is C13H20N2O. The smallest absolute Gasteiger partial charge is 0.159 e. The molecule has 0 fully saturated rings. The molecule has 0 atom stereocenters. The zero-order chi connectivity index (χ0) is 11.8. The van der Waals surface area contributed by atoms with Crippen molar-refractivity contribution < 1.29 is 4.79 Å². The highest BCUT2D eigenvalue weighted by molar-refractivity contribution is 5.94. The fraction of sp³-hybridized carbons (Fsp3) is 0.462. The molecule has 0 saturated heterocycles. The summed E-state index contributed by atoms with van der Waals surface area (Å²) in [5.74, 6) is 0.112. The van der Waals surface area contributed by atoms with Gasteiger partial charge in [0.25, 0.3) is 0 Å². The number of benzene rings is 1. The van der Waals surface area contributed by atoms with Crippen LogP contribution in [0.25, 0.3) is 0 Å². The highest BCUT2D eigenvalue weighted by atomic mass is 16.1. The summed E-state index contributed by atoms with van der Waals surface area (Å²) in [7, 11) is 1.97. The van der Waals surface area contributed by atoms with E-state index in [9.17, 15) is 4.79 Å². The summed E-state index contributed by atoms with van der Waals surface area (Å²) in [4.78, 5) is 11.1. The lowest BCUT2D eigenvalue weighted by atomic mass is 10.1. The Balaban J connectivity index is 2.29. The van der Waals surface area contributed by atoms with E-state index in [1.165, 1.54) is 6.42 Å². The summed E-state index contributed by atoms with van der Waals surface area (Å²) in [5, 5.41) is 6.45. The van der Waals surface area contributed by atoms with Crippen LogP contribution in [0.2, 0.25) is 0 Å². The molecule has 0 saturated carbocycles. The molecule has 0 unspecified atom stereocenters. The minimum Gasteiger partial charge on any atom is -0.385 e. The van der Waals surface area contributed by atoms with Crippen molar-refractivity contribution in [3.63, 3.8) is 0 Å². The van der Waals surface area contributed by atoms with Gasteiger partial charge >= 0.3 is 0 Å². The van der Waals surface area contributed by atoms with Crippen LogP contribution in [0.5, 0.6) is 0 Å². The third-order valence-corrected chi connectivity index (χ3v) is 2.47. The van der Waals surface area contributed by atoms with Gasteiger partial charge in [0.2, 0.25) is 0 Å². The number of ketones is 1. The van der Waals surface area contributed by atoms with Gasteiger partial charge in [0.1, 0.15) is 0 Å². The molecule has 3 nitrogen and oxygen atoms in total. The van der Waals surface area contributed by atoms with Crippen molar-refractivity contribution in [1.29, 1.82) is 0 Å². The Bertz CT molecular complexity index is 319. The molecule has 2 N–H and O–H groups in total. The van der Waals surface area contributed by atoms with E-state index in [-0.39, 0.29) is 5.78 Å². The predicted molar refractivity (Wildman–Crippen MR) is 68.1 cm³/mol.